The molecule has 1 aromatic carbocycles. The molecule has 6 heteroatoms. The van der Waals surface area contributed by atoms with Crippen molar-refractivity contribution in [2.24, 2.45) is 5.92 Å². The Hall–Kier alpha value is -1.79. The zero-order chi connectivity index (χ0) is 16.1. The van der Waals surface area contributed by atoms with Crippen LogP contribution in [0.3, 0.4) is 0 Å². The number of nitrogens with one attached hydrogen (secondary N) is 2. The number of carbonyl (C=O) groups is 1. The van der Waals surface area contributed by atoms with Crippen LogP contribution in [0.5, 0.6) is 5.75 Å². The number of amides is 1. The van der Waals surface area contributed by atoms with Crippen molar-refractivity contribution >= 4 is 11.6 Å². The van der Waals surface area contributed by atoms with Gasteiger partial charge in [0.15, 0.2) is 0 Å². The van der Waals surface area contributed by atoms with Crippen LogP contribution in [0.25, 0.3) is 0 Å². The summed E-state index contributed by atoms with van der Waals surface area (Å²) in [6.45, 7) is 4.52. The van der Waals surface area contributed by atoms with E-state index in [1.165, 1.54) is 0 Å². The van der Waals surface area contributed by atoms with Gasteiger partial charge in [0.05, 0.1) is 26.0 Å². The second-order valence-corrected chi connectivity index (χ2v) is 6.10. The van der Waals surface area contributed by atoms with Gasteiger partial charge in [-0.25, -0.2) is 0 Å². The summed E-state index contributed by atoms with van der Waals surface area (Å²) in [5, 5.41) is 6.24. The standard InChI is InChI=1S/C17H25N3O3/c1-22-16-5-3-2-4-15(16)20-8-6-13(11-20)10-19-17(21)14-12-23-9-7-18-14/h2-5,13-14,18H,6-12H2,1H3,(H,19,21). The molecule has 2 heterocycles. The van der Waals surface area contributed by atoms with Crippen molar-refractivity contribution in [3.63, 3.8) is 0 Å². The quantitative estimate of drug-likeness (QED) is 0.833. The molecule has 2 aliphatic rings. The number of hydrogen-bond acceptors (Lipinski definition) is 5. The highest BCUT2D eigenvalue weighted by Crippen LogP contribution is 2.31. The third-order valence-corrected chi connectivity index (χ3v) is 4.51. The number of methoxy groups -OCH3 is 1. The highest BCUT2D eigenvalue weighted by molar-refractivity contribution is 5.82. The SMILES string of the molecule is COc1ccccc1N1CCC(CNC(=O)C2COCCN2)C1. The van der Waals surface area contributed by atoms with Gasteiger partial charge in [0.2, 0.25) is 5.91 Å². The van der Waals surface area contributed by atoms with E-state index in [1.807, 2.05) is 18.2 Å². The normalized spacial score (nSPS) is 24.5. The number of carbonyl (C=O) groups excluding carboxylic acids is 1. The van der Waals surface area contributed by atoms with Crippen molar-refractivity contribution in [2.75, 3.05) is 51.4 Å². The van der Waals surface area contributed by atoms with Gasteiger partial charge in [-0.15, -0.1) is 0 Å². The van der Waals surface area contributed by atoms with E-state index < -0.39 is 0 Å². The Morgan fingerprint density at radius 2 is 2.35 bits per heavy atom. The van der Waals surface area contributed by atoms with Gasteiger partial charge in [0, 0.05) is 26.2 Å². The second-order valence-electron chi connectivity index (χ2n) is 6.10. The molecule has 2 saturated heterocycles. The third kappa shape index (κ3) is 3.95. The van der Waals surface area contributed by atoms with Crippen molar-refractivity contribution < 1.29 is 14.3 Å². The molecule has 126 valence electrons. The van der Waals surface area contributed by atoms with Gasteiger partial charge in [0.25, 0.3) is 0 Å². The molecular weight excluding hydrogens is 294 g/mol. The number of nitrogens with zero attached hydrogens (tertiary/aromatic N) is 1. The molecule has 0 saturated carbocycles. The van der Waals surface area contributed by atoms with E-state index in [0.717, 1.165) is 37.5 Å². The van der Waals surface area contributed by atoms with Crippen LogP contribution in [0.2, 0.25) is 0 Å². The minimum atomic E-state index is -0.213. The molecule has 2 atom stereocenters. The monoisotopic (exact) mass is 319 g/mol. The Morgan fingerprint density at radius 1 is 1.48 bits per heavy atom. The second kappa shape index (κ2) is 7.66. The summed E-state index contributed by atoms with van der Waals surface area (Å²) in [7, 11) is 1.70. The van der Waals surface area contributed by atoms with Gasteiger partial charge in [-0.05, 0) is 24.5 Å². The summed E-state index contributed by atoms with van der Waals surface area (Å²) in [5.74, 6) is 1.41. The molecule has 0 radical (unpaired) electrons. The van der Waals surface area contributed by atoms with Crippen LogP contribution in [0.4, 0.5) is 5.69 Å². The molecule has 2 unspecified atom stereocenters. The fourth-order valence-electron chi connectivity index (χ4n) is 3.21. The molecule has 1 aromatic rings. The zero-order valence-corrected chi connectivity index (χ0v) is 13.6. The number of ether oxygens (including phenoxy) is 2. The van der Waals surface area contributed by atoms with Crippen LogP contribution in [-0.4, -0.2) is 58.5 Å². The van der Waals surface area contributed by atoms with E-state index in [4.69, 9.17) is 9.47 Å². The predicted molar refractivity (Wildman–Crippen MR) is 88.9 cm³/mol. The molecule has 0 spiro atoms. The van der Waals surface area contributed by atoms with Crippen LogP contribution < -0.4 is 20.3 Å². The summed E-state index contributed by atoms with van der Waals surface area (Å²) < 4.78 is 10.8. The molecule has 6 nitrogen and oxygen atoms in total. The first kappa shape index (κ1) is 16.1. The fourth-order valence-corrected chi connectivity index (χ4v) is 3.21. The van der Waals surface area contributed by atoms with E-state index in [1.54, 1.807) is 7.11 Å². The highest BCUT2D eigenvalue weighted by Gasteiger charge is 2.26. The molecule has 3 rings (SSSR count). The van der Waals surface area contributed by atoms with E-state index >= 15 is 0 Å². The number of hydrogen-bond donors (Lipinski definition) is 2. The molecule has 0 aliphatic carbocycles. The van der Waals surface area contributed by atoms with Crippen molar-refractivity contribution in [3.05, 3.63) is 24.3 Å². The third-order valence-electron chi connectivity index (χ3n) is 4.51. The lowest BCUT2D eigenvalue weighted by molar-refractivity contribution is -0.126. The summed E-state index contributed by atoms with van der Waals surface area (Å²) in [4.78, 5) is 14.5. The average Bonchev–Trinajstić information content (AvgIpc) is 3.09. The van der Waals surface area contributed by atoms with Gasteiger partial charge in [-0.1, -0.05) is 12.1 Å². The topological polar surface area (TPSA) is 62.8 Å². The predicted octanol–water partition coefficient (Wildman–Crippen LogP) is 0.626. The van der Waals surface area contributed by atoms with Crippen LogP contribution in [0.1, 0.15) is 6.42 Å². The van der Waals surface area contributed by atoms with Crippen LogP contribution in [0.15, 0.2) is 24.3 Å². The van der Waals surface area contributed by atoms with Crippen molar-refractivity contribution in [2.45, 2.75) is 12.5 Å². The van der Waals surface area contributed by atoms with Gasteiger partial charge in [0.1, 0.15) is 11.8 Å². The van der Waals surface area contributed by atoms with Gasteiger partial charge in [-0.3, -0.25) is 4.79 Å². The minimum Gasteiger partial charge on any atom is -0.495 e. The van der Waals surface area contributed by atoms with Crippen LogP contribution in [-0.2, 0) is 9.53 Å². The number of benzene rings is 1. The van der Waals surface area contributed by atoms with Crippen LogP contribution >= 0.6 is 0 Å². The van der Waals surface area contributed by atoms with Crippen molar-refractivity contribution in [3.8, 4) is 5.75 Å². The molecular formula is C17H25N3O3. The Labute approximate surface area is 137 Å². The Kier molecular flexibility index (Phi) is 5.35. The van der Waals surface area contributed by atoms with E-state index in [2.05, 4.69) is 21.6 Å². The molecule has 0 bridgehead atoms. The lowest BCUT2D eigenvalue weighted by Gasteiger charge is -2.24. The molecule has 23 heavy (non-hydrogen) atoms. The first-order valence-corrected chi connectivity index (χ1v) is 8.24. The first-order chi connectivity index (χ1) is 11.3. The highest BCUT2D eigenvalue weighted by atomic mass is 16.5. The lowest BCUT2D eigenvalue weighted by Crippen LogP contribution is -2.52. The number of anilines is 1. The van der Waals surface area contributed by atoms with Crippen LogP contribution in [0, 0.1) is 5.92 Å². The molecule has 1 amide bonds. The van der Waals surface area contributed by atoms with E-state index in [-0.39, 0.29) is 11.9 Å². The first-order valence-electron chi connectivity index (χ1n) is 8.24. The van der Waals surface area contributed by atoms with E-state index in [9.17, 15) is 4.79 Å². The fraction of sp³-hybridized carbons (Fsp3) is 0.588. The van der Waals surface area contributed by atoms with Crippen molar-refractivity contribution in [1.82, 2.24) is 10.6 Å². The largest absolute Gasteiger partial charge is 0.495 e. The molecule has 2 N–H and O–H groups in total. The molecule has 2 aliphatic heterocycles. The smallest absolute Gasteiger partial charge is 0.239 e. The number of para-hydroxylation sites is 2. The summed E-state index contributed by atoms with van der Waals surface area (Å²) in [6.07, 6.45) is 1.08. The number of morpholine rings is 1. The molecule has 2 fully saturated rings. The maximum atomic E-state index is 12.1. The zero-order valence-electron chi connectivity index (χ0n) is 13.6. The summed E-state index contributed by atoms with van der Waals surface area (Å²) in [6, 6.07) is 7.87. The maximum absolute atomic E-state index is 12.1. The lowest BCUT2D eigenvalue weighted by atomic mass is 10.1. The Morgan fingerprint density at radius 3 is 3.13 bits per heavy atom. The average molecular weight is 319 g/mol. The number of rotatable bonds is 5. The summed E-state index contributed by atoms with van der Waals surface area (Å²) >= 11 is 0. The summed E-state index contributed by atoms with van der Waals surface area (Å²) in [5.41, 5.74) is 1.13. The minimum absolute atomic E-state index is 0.0421. The van der Waals surface area contributed by atoms with Gasteiger partial charge in [-0.2, -0.15) is 0 Å². The Bertz CT molecular complexity index is 532. The van der Waals surface area contributed by atoms with Crippen molar-refractivity contribution in [1.29, 1.82) is 0 Å². The molecule has 0 aromatic heterocycles. The van der Waals surface area contributed by atoms with E-state index in [0.29, 0.717) is 25.7 Å². The van der Waals surface area contributed by atoms with Gasteiger partial charge >= 0.3 is 0 Å². The maximum Gasteiger partial charge on any atom is 0.239 e. The van der Waals surface area contributed by atoms with Gasteiger partial charge < -0.3 is 25.0 Å². The Balaban J connectivity index is 1.49.